The highest BCUT2D eigenvalue weighted by molar-refractivity contribution is 6.31. The number of amides is 2. The van der Waals surface area contributed by atoms with Gasteiger partial charge in [-0.3, -0.25) is 14.4 Å². The lowest BCUT2D eigenvalue weighted by Gasteiger charge is -2.12. The van der Waals surface area contributed by atoms with Crippen molar-refractivity contribution >= 4 is 40.6 Å². The van der Waals surface area contributed by atoms with E-state index in [0.717, 1.165) is 0 Å². The fourth-order valence-corrected chi connectivity index (χ4v) is 2.83. The predicted octanol–water partition coefficient (Wildman–Crippen LogP) is 4.78. The van der Waals surface area contributed by atoms with Gasteiger partial charge >= 0.3 is 0 Å². The quantitative estimate of drug-likeness (QED) is 0.613. The van der Waals surface area contributed by atoms with Crippen molar-refractivity contribution in [3.63, 3.8) is 0 Å². The van der Waals surface area contributed by atoms with Crippen LogP contribution in [0.3, 0.4) is 0 Å². The van der Waals surface area contributed by atoms with Crippen molar-refractivity contribution in [1.82, 2.24) is 0 Å². The largest absolute Gasteiger partial charge is 0.326 e. The van der Waals surface area contributed by atoms with Crippen LogP contribution in [0.15, 0.2) is 72.8 Å². The molecular weight excluding hydrogens is 376 g/mol. The van der Waals surface area contributed by atoms with Crippen molar-refractivity contribution in [3.05, 3.63) is 94.5 Å². The molecule has 0 aliphatic carbocycles. The van der Waals surface area contributed by atoms with E-state index in [-0.39, 0.29) is 17.6 Å². The van der Waals surface area contributed by atoms with Crippen LogP contribution in [0.4, 0.5) is 11.4 Å². The number of carbonyl (C=O) groups is 3. The molecule has 0 heterocycles. The van der Waals surface area contributed by atoms with Gasteiger partial charge in [-0.25, -0.2) is 0 Å². The number of ketones is 1. The highest BCUT2D eigenvalue weighted by Gasteiger charge is 2.16. The molecule has 5 nitrogen and oxygen atoms in total. The molecule has 6 heteroatoms. The number of anilines is 2. The molecule has 0 aliphatic rings. The zero-order valence-corrected chi connectivity index (χ0v) is 15.8. The van der Waals surface area contributed by atoms with Crippen LogP contribution in [0.1, 0.15) is 33.2 Å². The molecule has 2 N–H and O–H groups in total. The number of benzene rings is 3. The molecule has 0 saturated carbocycles. The lowest BCUT2D eigenvalue weighted by molar-refractivity contribution is -0.114. The maximum absolute atomic E-state index is 12.8. The van der Waals surface area contributed by atoms with Crippen LogP contribution in [-0.2, 0) is 4.79 Å². The van der Waals surface area contributed by atoms with Gasteiger partial charge in [0.1, 0.15) is 0 Å². The van der Waals surface area contributed by atoms with E-state index in [4.69, 9.17) is 11.6 Å². The summed E-state index contributed by atoms with van der Waals surface area (Å²) < 4.78 is 0. The Bertz CT molecular complexity index is 1030. The number of hydrogen-bond donors (Lipinski definition) is 2. The molecule has 3 aromatic rings. The number of nitrogens with one attached hydrogen (secondary N) is 2. The molecule has 0 fully saturated rings. The van der Waals surface area contributed by atoms with Crippen molar-refractivity contribution in [2.75, 3.05) is 10.6 Å². The van der Waals surface area contributed by atoms with Crippen molar-refractivity contribution < 1.29 is 14.4 Å². The Morgan fingerprint density at radius 3 is 2.11 bits per heavy atom. The summed E-state index contributed by atoms with van der Waals surface area (Å²) >= 11 is 6.06. The molecule has 0 aromatic heterocycles. The first-order valence-electron chi connectivity index (χ1n) is 8.52. The molecular formula is C22H17ClN2O3. The number of carbonyl (C=O) groups excluding carboxylic acids is 3. The number of halogens is 1. The zero-order valence-electron chi connectivity index (χ0n) is 15.0. The van der Waals surface area contributed by atoms with Crippen molar-refractivity contribution in [2.45, 2.75) is 6.92 Å². The fraction of sp³-hybridized carbons (Fsp3) is 0.0455. The van der Waals surface area contributed by atoms with E-state index in [1.165, 1.54) is 13.0 Å². The average Bonchev–Trinajstić information content (AvgIpc) is 2.69. The summed E-state index contributed by atoms with van der Waals surface area (Å²) in [4.78, 5) is 36.5. The van der Waals surface area contributed by atoms with Gasteiger partial charge in [0.2, 0.25) is 5.91 Å². The van der Waals surface area contributed by atoms with Gasteiger partial charge in [0.05, 0.1) is 5.69 Å². The first-order valence-corrected chi connectivity index (χ1v) is 8.90. The summed E-state index contributed by atoms with van der Waals surface area (Å²) in [5.74, 6) is -0.805. The van der Waals surface area contributed by atoms with E-state index in [9.17, 15) is 14.4 Å². The van der Waals surface area contributed by atoms with Gasteiger partial charge < -0.3 is 10.6 Å². The van der Waals surface area contributed by atoms with E-state index >= 15 is 0 Å². The molecule has 28 heavy (non-hydrogen) atoms. The Morgan fingerprint density at radius 1 is 0.786 bits per heavy atom. The second-order valence-corrected chi connectivity index (χ2v) is 6.53. The van der Waals surface area contributed by atoms with Gasteiger partial charge in [-0.1, -0.05) is 41.9 Å². The smallest absolute Gasteiger partial charge is 0.255 e. The molecule has 140 valence electrons. The third kappa shape index (κ3) is 4.64. The second kappa shape index (κ2) is 8.50. The normalized spacial score (nSPS) is 10.2. The van der Waals surface area contributed by atoms with Crippen LogP contribution >= 0.6 is 11.6 Å². The summed E-state index contributed by atoms with van der Waals surface area (Å²) in [7, 11) is 0. The first-order chi connectivity index (χ1) is 13.4. The summed E-state index contributed by atoms with van der Waals surface area (Å²) in [5, 5.41) is 5.80. The van der Waals surface area contributed by atoms with E-state index in [2.05, 4.69) is 10.6 Å². The maximum atomic E-state index is 12.8. The minimum absolute atomic E-state index is 0.192. The third-order valence-electron chi connectivity index (χ3n) is 3.98. The topological polar surface area (TPSA) is 75.3 Å². The average molecular weight is 393 g/mol. The van der Waals surface area contributed by atoms with Gasteiger partial charge in [-0.05, 0) is 42.5 Å². The highest BCUT2D eigenvalue weighted by atomic mass is 35.5. The summed E-state index contributed by atoms with van der Waals surface area (Å²) in [6, 6.07) is 20.0. The zero-order chi connectivity index (χ0) is 20.1. The minimum Gasteiger partial charge on any atom is -0.326 e. The van der Waals surface area contributed by atoms with Gasteiger partial charge in [0.15, 0.2) is 5.78 Å². The lowest BCUT2D eigenvalue weighted by Crippen LogP contribution is -2.15. The van der Waals surface area contributed by atoms with Crippen LogP contribution in [0.25, 0.3) is 0 Å². The SMILES string of the molecule is CC(=O)Nc1ccc(C(=O)Nc2ccc(Cl)cc2C(=O)c2ccccc2)cc1. The fourth-order valence-electron chi connectivity index (χ4n) is 2.66. The Morgan fingerprint density at radius 2 is 1.46 bits per heavy atom. The van der Waals surface area contributed by atoms with E-state index in [1.807, 2.05) is 6.07 Å². The van der Waals surface area contributed by atoms with Crippen LogP contribution in [0, 0.1) is 0 Å². The van der Waals surface area contributed by atoms with Crippen molar-refractivity contribution in [3.8, 4) is 0 Å². The standard InChI is InChI=1S/C22H17ClN2O3/c1-14(26)24-18-10-7-16(8-11-18)22(28)25-20-12-9-17(23)13-19(20)21(27)15-5-3-2-4-6-15/h2-13H,1H3,(H,24,26)(H,25,28). The minimum atomic E-state index is -0.376. The van der Waals surface area contributed by atoms with Crippen LogP contribution < -0.4 is 10.6 Å². The Kier molecular flexibility index (Phi) is 5.87. The molecule has 0 radical (unpaired) electrons. The molecule has 0 atom stereocenters. The molecule has 0 unspecified atom stereocenters. The van der Waals surface area contributed by atoms with Gasteiger partial charge in [0.25, 0.3) is 5.91 Å². The molecule has 2 amide bonds. The van der Waals surface area contributed by atoms with E-state index in [0.29, 0.717) is 33.1 Å². The van der Waals surface area contributed by atoms with Crippen molar-refractivity contribution in [1.29, 1.82) is 0 Å². The molecule has 0 spiro atoms. The van der Waals surface area contributed by atoms with E-state index < -0.39 is 0 Å². The third-order valence-corrected chi connectivity index (χ3v) is 4.21. The molecule has 0 bridgehead atoms. The van der Waals surface area contributed by atoms with Crippen LogP contribution in [0.5, 0.6) is 0 Å². The van der Waals surface area contributed by atoms with E-state index in [1.54, 1.807) is 60.7 Å². The summed E-state index contributed by atoms with van der Waals surface area (Å²) in [5.41, 5.74) is 2.16. The number of hydrogen-bond acceptors (Lipinski definition) is 3. The van der Waals surface area contributed by atoms with Gasteiger partial charge in [-0.15, -0.1) is 0 Å². The second-order valence-electron chi connectivity index (χ2n) is 6.10. The monoisotopic (exact) mass is 392 g/mol. The Labute approximate surface area is 167 Å². The Balaban J connectivity index is 1.85. The summed E-state index contributed by atoms with van der Waals surface area (Å²) in [6.07, 6.45) is 0. The molecule has 0 aliphatic heterocycles. The maximum Gasteiger partial charge on any atom is 0.255 e. The predicted molar refractivity (Wildman–Crippen MR) is 110 cm³/mol. The summed E-state index contributed by atoms with van der Waals surface area (Å²) in [6.45, 7) is 1.41. The van der Waals surface area contributed by atoms with Crippen LogP contribution in [-0.4, -0.2) is 17.6 Å². The Hall–Kier alpha value is -3.44. The van der Waals surface area contributed by atoms with Gasteiger partial charge in [0, 0.05) is 34.3 Å². The van der Waals surface area contributed by atoms with Crippen LogP contribution in [0.2, 0.25) is 5.02 Å². The molecule has 0 saturated heterocycles. The number of rotatable bonds is 5. The lowest BCUT2D eigenvalue weighted by atomic mass is 10.0. The molecule has 3 rings (SSSR count). The van der Waals surface area contributed by atoms with Crippen molar-refractivity contribution in [2.24, 2.45) is 0 Å². The highest BCUT2D eigenvalue weighted by Crippen LogP contribution is 2.24. The molecule has 3 aromatic carbocycles. The first kappa shape index (κ1) is 19.3. The van der Waals surface area contributed by atoms with Gasteiger partial charge in [-0.2, -0.15) is 0 Å².